The van der Waals surface area contributed by atoms with Gasteiger partial charge in [-0.25, -0.2) is 0 Å². The number of nitrogens with zero attached hydrogens (tertiary/aromatic N) is 2. The molecule has 12 heteroatoms. The van der Waals surface area contributed by atoms with Crippen LogP contribution < -0.4 is 16.0 Å². The normalized spacial score (nSPS) is 28.6. The minimum atomic E-state index is -2.82. The number of carbonyl (C=O) groups excluding carboxylic acids is 6. The molecule has 12 nitrogen and oxygen atoms in total. The van der Waals surface area contributed by atoms with Gasteiger partial charge in [-0.1, -0.05) is 18.2 Å². The van der Waals surface area contributed by atoms with Gasteiger partial charge in [-0.2, -0.15) is 0 Å². The Morgan fingerprint density at radius 1 is 1.02 bits per heavy atom. The van der Waals surface area contributed by atoms with Gasteiger partial charge in [0.15, 0.2) is 34.7 Å². The Bertz CT molecular complexity index is 1550. The number of Topliss-reactive ketones (excluding diaryl/α,β-unsaturated/α-hetero) is 4. The van der Waals surface area contributed by atoms with Gasteiger partial charge in [-0.3, -0.25) is 33.7 Å². The van der Waals surface area contributed by atoms with Crippen LogP contribution in [0.4, 0.5) is 11.4 Å². The van der Waals surface area contributed by atoms with E-state index in [9.17, 15) is 39.0 Å². The molecule has 2 aromatic rings. The van der Waals surface area contributed by atoms with Crippen molar-refractivity contribution in [3.8, 4) is 5.75 Å². The lowest BCUT2D eigenvalue weighted by molar-refractivity contribution is -0.181. The summed E-state index contributed by atoms with van der Waals surface area (Å²) in [5.41, 5.74) is 3.42. The average Bonchev–Trinajstić information content (AvgIpc) is 2.90. The zero-order valence-electron chi connectivity index (χ0n) is 23.6. The topological polar surface area (TPSA) is 187 Å². The summed E-state index contributed by atoms with van der Waals surface area (Å²) in [4.78, 5) is 83.3. The number of likely N-dealkylation sites (N-methyl/N-ethyl adjacent to an activating group) is 1. The highest BCUT2D eigenvalue weighted by Crippen LogP contribution is 2.52. The summed E-state index contributed by atoms with van der Waals surface area (Å²) in [6.07, 6.45) is 0.0290. The second-order valence-corrected chi connectivity index (χ2v) is 11.6. The molecule has 2 fully saturated rings. The van der Waals surface area contributed by atoms with Gasteiger partial charge in [0.1, 0.15) is 5.75 Å². The standard InChI is InChI=1S/C30H32N4O8/c1-33(2)18-12-16(29(41)32-14-8-6-5-7-9-14)23(35)20-15(18)10-13-11-17-22(34(3)4)25(37)21(28(31)40)27(39)30(17,42)26(38)19(13)24(20)36/h5-9,12-13,17,19,21-22,35,42H,10-11H2,1-4H3,(H2,31,40)(H,32,41)/t13-,17-,19?,21?,22-,30-/m0/s1. The second-order valence-electron chi connectivity index (χ2n) is 11.6. The van der Waals surface area contributed by atoms with Crippen molar-refractivity contribution in [1.82, 2.24) is 4.90 Å². The largest absolute Gasteiger partial charge is 0.506 e. The molecule has 0 saturated heterocycles. The van der Waals surface area contributed by atoms with Crippen LogP contribution in [-0.4, -0.2) is 89.9 Å². The van der Waals surface area contributed by atoms with Gasteiger partial charge in [-0.05, 0) is 56.6 Å². The van der Waals surface area contributed by atoms with E-state index in [-0.39, 0.29) is 24.0 Å². The molecule has 220 valence electrons. The van der Waals surface area contributed by atoms with Crippen molar-refractivity contribution >= 4 is 46.3 Å². The number of phenolic OH excluding ortho intramolecular Hbond substituents is 1. The summed E-state index contributed by atoms with van der Waals surface area (Å²) in [7, 11) is 6.46. The Hall–Kier alpha value is -4.42. The second kappa shape index (κ2) is 10.1. The van der Waals surface area contributed by atoms with Crippen LogP contribution in [-0.2, 0) is 25.6 Å². The first-order valence-electron chi connectivity index (χ1n) is 13.5. The molecule has 6 atom stereocenters. The van der Waals surface area contributed by atoms with Gasteiger partial charge in [0, 0.05) is 31.4 Å². The third-order valence-corrected chi connectivity index (χ3v) is 8.80. The molecule has 0 aromatic heterocycles. The minimum absolute atomic E-state index is 0.0617. The van der Waals surface area contributed by atoms with Crippen molar-refractivity contribution < 1.29 is 39.0 Å². The highest BCUT2D eigenvalue weighted by atomic mass is 16.3. The minimum Gasteiger partial charge on any atom is -0.506 e. The maximum absolute atomic E-state index is 14.1. The fraction of sp³-hybridized carbons (Fsp3) is 0.400. The van der Waals surface area contributed by atoms with Gasteiger partial charge in [-0.15, -0.1) is 0 Å². The number of carbonyl (C=O) groups is 6. The van der Waals surface area contributed by atoms with Gasteiger partial charge >= 0.3 is 0 Å². The third-order valence-electron chi connectivity index (χ3n) is 8.80. The van der Waals surface area contributed by atoms with E-state index in [1.807, 2.05) is 0 Å². The average molecular weight is 577 g/mol. The van der Waals surface area contributed by atoms with E-state index in [4.69, 9.17) is 5.73 Å². The third kappa shape index (κ3) is 4.12. The van der Waals surface area contributed by atoms with Crippen LogP contribution in [0.5, 0.6) is 5.75 Å². The SMILES string of the molecule is CN(C)c1cc(C(=O)Nc2ccccc2)c(O)c2c1C[C@H]1C[C@H]3[C@H](N(C)C)C(=O)C(C(N)=O)C(=O)[C@@]3(O)C(=O)C1C2=O. The summed E-state index contributed by atoms with van der Waals surface area (Å²) < 4.78 is 0. The number of nitrogens with one attached hydrogen (secondary N) is 1. The number of aliphatic hydroxyl groups is 1. The summed E-state index contributed by atoms with van der Waals surface area (Å²) in [5, 5.41) is 25.7. The molecular weight excluding hydrogens is 544 g/mol. The molecule has 5 rings (SSSR count). The number of aromatic hydroxyl groups is 1. The Morgan fingerprint density at radius 3 is 2.24 bits per heavy atom. The van der Waals surface area contributed by atoms with Crippen molar-refractivity contribution in [1.29, 1.82) is 0 Å². The lowest BCUT2D eigenvalue weighted by Crippen LogP contribution is -2.74. The molecule has 42 heavy (non-hydrogen) atoms. The van der Waals surface area contributed by atoms with E-state index in [1.54, 1.807) is 49.3 Å². The monoisotopic (exact) mass is 576 g/mol. The molecule has 0 radical (unpaired) electrons. The first-order chi connectivity index (χ1) is 19.7. The molecule has 3 aliphatic carbocycles. The number of amides is 2. The number of anilines is 2. The summed E-state index contributed by atoms with van der Waals surface area (Å²) in [5.74, 6) is -12.3. The Labute approximate surface area is 241 Å². The number of benzene rings is 2. The van der Waals surface area contributed by atoms with Crippen molar-refractivity contribution in [2.75, 3.05) is 38.4 Å². The van der Waals surface area contributed by atoms with Gasteiger partial charge in [0.05, 0.1) is 23.1 Å². The zero-order chi connectivity index (χ0) is 30.8. The predicted molar refractivity (Wildman–Crippen MR) is 150 cm³/mol. The van der Waals surface area contributed by atoms with E-state index < -0.39 is 76.0 Å². The molecule has 5 N–H and O–H groups in total. The molecule has 3 aliphatic rings. The van der Waals surface area contributed by atoms with Gasteiger partial charge < -0.3 is 26.2 Å². The Balaban J connectivity index is 1.63. The van der Waals surface area contributed by atoms with Crippen LogP contribution in [0.25, 0.3) is 0 Å². The van der Waals surface area contributed by atoms with Crippen LogP contribution >= 0.6 is 0 Å². The first kappa shape index (κ1) is 29.1. The van der Waals surface area contributed by atoms with Gasteiger partial charge in [0.25, 0.3) is 5.91 Å². The van der Waals surface area contributed by atoms with E-state index in [1.165, 1.54) is 25.1 Å². The van der Waals surface area contributed by atoms with E-state index in [2.05, 4.69) is 5.32 Å². The molecule has 2 unspecified atom stereocenters. The fourth-order valence-corrected chi connectivity index (χ4v) is 6.94. The number of rotatable bonds is 5. The fourth-order valence-electron chi connectivity index (χ4n) is 6.94. The molecule has 0 spiro atoms. The van der Waals surface area contributed by atoms with Crippen LogP contribution in [0, 0.1) is 23.7 Å². The quantitative estimate of drug-likeness (QED) is 0.358. The van der Waals surface area contributed by atoms with Crippen LogP contribution in [0.2, 0.25) is 0 Å². The molecule has 2 amide bonds. The molecular formula is C30H32N4O8. The van der Waals surface area contributed by atoms with Crippen molar-refractivity contribution in [2.24, 2.45) is 29.4 Å². The number of fused-ring (bicyclic) bond motifs is 3. The zero-order valence-corrected chi connectivity index (χ0v) is 23.6. The highest BCUT2D eigenvalue weighted by Gasteiger charge is 2.69. The first-order valence-corrected chi connectivity index (χ1v) is 13.5. The van der Waals surface area contributed by atoms with Crippen LogP contribution in [0.15, 0.2) is 36.4 Å². The lowest BCUT2D eigenvalue weighted by Gasteiger charge is -2.52. The van der Waals surface area contributed by atoms with Gasteiger partial charge in [0.2, 0.25) is 5.91 Å². The summed E-state index contributed by atoms with van der Waals surface area (Å²) in [6, 6.07) is 8.79. The van der Waals surface area contributed by atoms with Crippen LogP contribution in [0.1, 0.15) is 32.7 Å². The van der Waals surface area contributed by atoms with E-state index in [0.29, 0.717) is 16.9 Å². The number of nitrogens with two attached hydrogens (primary N) is 1. The molecule has 0 heterocycles. The maximum Gasteiger partial charge on any atom is 0.259 e. The molecule has 2 aromatic carbocycles. The van der Waals surface area contributed by atoms with Crippen molar-refractivity contribution in [2.45, 2.75) is 24.5 Å². The van der Waals surface area contributed by atoms with E-state index >= 15 is 0 Å². The number of hydrogen-bond acceptors (Lipinski definition) is 10. The summed E-state index contributed by atoms with van der Waals surface area (Å²) >= 11 is 0. The Morgan fingerprint density at radius 2 is 1.67 bits per heavy atom. The van der Waals surface area contributed by atoms with Crippen molar-refractivity contribution in [3.63, 3.8) is 0 Å². The summed E-state index contributed by atoms with van der Waals surface area (Å²) in [6.45, 7) is 0. The van der Waals surface area contributed by atoms with Crippen molar-refractivity contribution in [3.05, 3.63) is 53.1 Å². The number of ketones is 4. The Kier molecular flexibility index (Phi) is 7.02. The molecule has 0 bridgehead atoms. The number of phenols is 1. The van der Waals surface area contributed by atoms with E-state index in [0.717, 1.165) is 0 Å². The smallest absolute Gasteiger partial charge is 0.259 e. The lowest BCUT2D eigenvalue weighted by atomic mass is 9.52. The highest BCUT2D eigenvalue weighted by molar-refractivity contribution is 6.32. The molecule has 2 saturated carbocycles. The molecule has 0 aliphatic heterocycles. The number of para-hydroxylation sites is 1. The number of primary amides is 1. The van der Waals surface area contributed by atoms with Crippen LogP contribution in [0.3, 0.4) is 0 Å². The number of hydrogen-bond donors (Lipinski definition) is 4. The predicted octanol–water partition coefficient (Wildman–Crippen LogP) is 0.185. The maximum atomic E-state index is 14.1.